The molecule has 6 heteroatoms. The highest BCUT2D eigenvalue weighted by atomic mass is 16.6. The zero-order chi connectivity index (χ0) is 56.4. The van der Waals surface area contributed by atoms with Crippen LogP contribution >= 0.6 is 0 Å². The molecule has 456 valence electrons. The molecule has 0 radical (unpaired) electrons. The minimum absolute atomic E-state index is 0.0738. The molecule has 1 unspecified atom stereocenters. The summed E-state index contributed by atoms with van der Waals surface area (Å²) in [6.07, 6.45) is 84.2. The van der Waals surface area contributed by atoms with Crippen molar-refractivity contribution in [3.63, 3.8) is 0 Å². The first kappa shape index (κ1) is 75.4. The molecule has 0 aliphatic rings. The van der Waals surface area contributed by atoms with Gasteiger partial charge in [-0.15, -0.1) is 0 Å². The summed E-state index contributed by atoms with van der Waals surface area (Å²) in [6.45, 7) is 6.59. The van der Waals surface area contributed by atoms with E-state index in [1.54, 1.807) is 0 Å². The summed E-state index contributed by atoms with van der Waals surface area (Å²) < 4.78 is 17.0. The van der Waals surface area contributed by atoms with Gasteiger partial charge in [0, 0.05) is 19.3 Å². The summed E-state index contributed by atoms with van der Waals surface area (Å²) >= 11 is 0. The minimum Gasteiger partial charge on any atom is -0.462 e. The molecule has 0 N–H and O–H groups in total. The molecule has 0 fully saturated rings. The van der Waals surface area contributed by atoms with Crippen LogP contribution in [0, 0.1) is 0 Å². The van der Waals surface area contributed by atoms with E-state index >= 15 is 0 Å². The van der Waals surface area contributed by atoms with E-state index in [2.05, 4.69) is 69.4 Å². The summed E-state index contributed by atoms with van der Waals surface area (Å²) in [6, 6.07) is 0. The maximum atomic E-state index is 12.9. The number of hydrogen-bond donors (Lipinski definition) is 0. The zero-order valence-electron chi connectivity index (χ0n) is 52.5. The molecule has 0 saturated carbocycles. The average Bonchev–Trinajstić information content (AvgIpc) is 3.44. The average molecular weight is 1090 g/mol. The van der Waals surface area contributed by atoms with Crippen molar-refractivity contribution in [2.24, 2.45) is 0 Å². The Labute approximate surface area is 486 Å². The van der Waals surface area contributed by atoms with Crippen molar-refractivity contribution in [2.45, 2.75) is 380 Å². The molecule has 0 amide bonds. The predicted molar refractivity (Wildman–Crippen MR) is 339 cm³/mol. The van der Waals surface area contributed by atoms with Gasteiger partial charge >= 0.3 is 17.9 Å². The lowest BCUT2D eigenvalue weighted by atomic mass is 10.0. The Bertz CT molecular complexity index is 1350. The Morgan fingerprint density at radius 2 is 0.500 bits per heavy atom. The van der Waals surface area contributed by atoms with Crippen LogP contribution in [-0.2, 0) is 28.6 Å². The van der Waals surface area contributed by atoms with Crippen molar-refractivity contribution in [3.05, 3.63) is 48.6 Å². The molecule has 0 bridgehead atoms. The first-order valence-electron chi connectivity index (χ1n) is 34.6. The summed E-state index contributed by atoms with van der Waals surface area (Å²) in [5, 5.41) is 0. The lowest BCUT2D eigenvalue weighted by Gasteiger charge is -2.18. The third-order valence-corrected chi connectivity index (χ3v) is 15.6. The third kappa shape index (κ3) is 64.2. The normalized spacial score (nSPS) is 12.3. The number of ether oxygens (including phenoxy) is 3. The van der Waals surface area contributed by atoms with Gasteiger partial charge < -0.3 is 14.2 Å². The van der Waals surface area contributed by atoms with Crippen LogP contribution in [0.25, 0.3) is 0 Å². The topological polar surface area (TPSA) is 78.9 Å². The highest BCUT2D eigenvalue weighted by Crippen LogP contribution is 2.18. The number of carbonyl (C=O) groups excluding carboxylic acids is 3. The Morgan fingerprint density at radius 3 is 0.782 bits per heavy atom. The number of hydrogen-bond acceptors (Lipinski definition) is 6. The molecule has 0 aromatic rings. The number of allylic oxidation sites excluding steroid dienone is 8. The summed E-state index contributed by atoms with van der Waals surface area (Å²) in [4.78, 5) is 38.4. The standard InChI is InChI=1S/C72H132O6/c1-4-7-10-13-16-19-22-25-28-31-33-34-35-36-37-38-40-41-44-47-50-53-56-59-62-65-71(74)77-68-69(67-76-70(73)64-61-58-55-52-49-46-43-30-27-24-21-18-15-12-9-6-3)78-72(75)66-63-60-57-54-51-48-45-42-39-32-29-26-23-20-17-14-11-8-5-2/h8,11,17,20,26,29,39,42,69H,4-7,9-10,12-16,18-19,21-25,27-28,30-38,40-41,43-68H2,1-3H3/b11-8-,20-17-,29-26-,42-39-. The van der Waals surface area contributed by atoms with Crippen molar-refractivity contribution in [1.29, 1.82) is 0 Å². The van der Waals surface area contributed by atoms with Crippen molar-refractivity contribution in [1.82, 2.24) is 0 Å². The van der Waals surface area contributed by atoms with E-state index in [0.29, 0.717) is 19.3 Å². The van der Waals surface area contributed by atoms with Crippen LogP contribution in [0.3, 0.4) is 0 Å². The Balaban J connectivity index is 4.29. The maximum Gasteiger partial charge on any atom is 0.306 e. The first-order valence-corrected chi connectivity index (χ1v) is 34.6. The highest BCUT2D eigenvalue weighted by molar-refractivity contribution is 5.71. The molecule has 0 aliphatic heterocycles. The van der Waals surface area contributed by atoms with Gasteiger partial charge in [0.05, 0.1) is 0 Å². The fourth-order valence-electron chi connectivity index (χ4n) is 10.4. The van der Waals surface area contributed by atoms with Gasteiger partial charge in [-0.2, -0.15) is 0 Å². The highest BCUT2D eigenvalue weighted by Gasteiger charge is 2.19. The van der Waals surface area contributed by atoms with Crippen molar-refractivity contribution >= 4 is 17.9 Å². The van der Waals surface area contributed by atoms with Gasteiger partial charge in [-0.25, -0.2) is 0 Å². The Hall–Kier alpha value is -2.63. The minimum atomic E-state index is -0.779. The molecule has 1 atom stereocenters. The molecular formula is C72H132O6. The zero-order valence-corrected chi connectivity index (χ0v) is 52.5. The van der Waals surface area contributed by atoms with E-state index in [-0.39, 0.29) is 31.1 Å². The van der Waals surface area contributed by atoms with E-state index < -0.39 is 6.10 Å². The van der Waals surface area contributed by atoms with E-state index in [4.69, 9.17) is 14.2 Å². The van der Waals surface area contributed by atoms with E-state index in [1.807, 2.05) is 0 Å². The molecular weight excluding hydrogens is 961 g/mol. The number of unbranched alkanes of at least 4 members (excludes halogenated alkanes) is 45. The molecule has 0 aromatic carbocycles. The van der Waals surface area contributed by atoms with Gasteiger partial charge in [-0.05, 0) is 57.8 Å². The summed E-state index contributed by atoms with van der Waals surface area (Å²) in [7, 11) is 0. The van der Waals surface area contributed by atoms with Crippen molar-refractivity contribution < 1.29 is 28.6 Å². The van der Waals surface area contributed by atoms with Gasteiger partial charge in [-0.3, -0.25) is 14.4 Å². The van der Waals surface area contributed by atoms with Crippen LogP contribution in [0.1, 0.15) is 374 Å². The maximum absolute atomic E-state index is 12.9. The van der Waals surface area contributed by atoms with Gasteiger partial charge in [0.25, 0.3) is 0 Å². The summed E-state index contributed by atoms with van der Waals surface area (Å²) in [5.41, 5.74) is 0. The van der Waals surface area contributed by atoms with Gasteiger partial charge in [0.1, 0.15) is 13.2 Å². The molecule has 0 spiro atoms. The second kappa shape index (κ2) is 66.9. The number of carbonyl (C=O) groups is 3. The van der Waals surface area contributed by atoms with Gasteiger partial charge in [0.2, 0.25) is 0 Å². The van der Waals surface area contributed by atoms with Crippen LogP contribution in [0.15, 0.2) is 48.6 Å². The molecule has 6 nitrogen and oxygen atoms in total. The molecule has 0 aromatic heterocycles. The third-order valence-electron chi connectivity index (χ3n) is 15.6. The smallest absolute Gasteiger partial charge is 0.306 e. The predicted octanol–water partition coefficient (Wildman–Crippen LogP) is 23.7. The van der Waals surface area contributed by atoms with Crippen LogP contribution in [0.5, 0.6) is 0 Å². The number of esters is 3. The molecule has 78 heavy (non-hydrogen) atoms. The van der Waals surface area contributed by atoms with Crippen LogP contribution in [0.2, 0.25) is 0 Å². The summed E-state index contributed by atoms with van der Waals surface area (Å²) in [5.74, 6) is -0.860. The first-order chi connectivity index (χ1) is 38.5. The largest absolute Gasteiger partial charge is 0.462 e. The molecule has 0 rings (SSSR count). The molecule has 0 saturated heterocycles. The second-order valence-electron chi connectivity index (χ2n) is 23.4. The Morgan fingerprint density at radius 1 is 0.269 bits per heavy atom. The van der Waals surface area contributed by atoms with E-state index in [9.17, 15) is 14.4 Å². The van der Waals surface area contributed by atoms with E-state index in [0.717, 1.165) is 96.3 Å². The quantitative estimate of drug-likeness (QED) is 0.0261. The fourth-order valence-corrected chi connectivity index (χ4v) is 10.4. The van der Waals surface area contributed by atoms with Gasteiger partial charge in [-0.1, -0.05) is 345 Å². The Kier molecular flexibility index (Phi) is 64.6. The van der Waals surface area contributed by atoms with Gasteiger partial charge in [0.15, 0.2) is 6.10 Å². The van der Waals surface area contributed by atoms with Crippen molar-refractivity contribution in [3.8, 4) is 0 Å². The van der Waals surface area contributed by atoms with Crippen molar-refractivity contribution in [2.75, 3.05) is 13.2 Å². The van der Waals surface area contributed by atoms with Crippen LogP contribution in [0.4, 0.5) is 0 Å². The molecule has 0 aliphatic carbocycles. The van der Waals surface area contributed by atoms with Crippen LogP contribution < -0.4 is 0 Å². The van der Waals surface area contributed by atoms with Crippen LogP contribution in [-0.4, -0.2) is 37.2 Å². The monoisotopic (exact) mass is 1090 g/mol. The lowest BCUT2D eigenvalue weighted by molar-refractivity contribution is -0.167. The SMILES string of the molecule is CC/C=C\C/C=C\C/C=C\C/C=C\CCCCCCCCC(=O)OC(COC(=O)CCCCCCCCCCCCCCCCCC)COC(=O)CCCCCCCCCCCCCCCCCCCCCCCCCCC. The lowest BCUT2D eigenvalue weighted by Crippen LogP contribution is -2.30. The fraction of sp³-hybridized carbons (Fsp3) is 0.847. The van der Waals surface area contributed by atoms with E-state index in [1.165, 1.54) is 238 Å². The second-order valence-corrected chi connectivity index (χ2v) is 23.4. The number of rotatable bonds is 64. The molecule has 0 heterocycles.